The lowest BCUT2D eigenvalue weighted by Gasteiger charge is -2.19. The number of aromatic amines is 1. The van der Waals surface area contributed by atoms with Gasteiger partial charge in [0.2, 0.25) is 4.34 Å². The van der Waals surface area contributed by atoms with Crippen LogP contribution in [0.25, 0.3) is 10.2 Å². The minimum absolute atomic E-state index is 0.0111. The van der Waals surface area contributed by atoms with Gasteiger partial charge in [-0.3, -0.25) is 19.4 Å². The number of ether oxygens (including phenoxy) is 3. The number of aliphatic hydroxyl groups is 1. The van der Waals surface area contributed by atoms with Crippen LogP contribution in [0.5, 0.6) is 11.5 Å². The van der Waals surface area contributed by atoms with Crippen molar-refractivity contribution in [1.29, 1.82) is 0 Å². The molecular formula is C25H26FN5O8S2. The van der Waals surface area contributed by atoms with Gasteiger partial charge in [0.25, 0.3) is 15.9 Å². The van der Waals surface area contributed by atoms with E-state index in [0.29, 0.717) is 27.4 Å². The van der Waals surface area contributed by atoms with E-state index < -0.39 is 40.8 Å². The summed E-state index contributed by atoms with van der Waals surface area (Å²) in [6, 6.07) is 9.87. The van der Waals surface area contributed by atoms with Gasteiger partial charge in [-0.1, -0.05) is 12.1 Å². The molecule has 2 aromatic heterocycles. The van der Waals surface area contributed by atoms with Gasteiger partial charge >= 0.3 is 0 Å². The molecule has 0 aliphatic carbocycles. The molecule has 1 aliphatic rings. The standard InChI is InChI=1S/C25H26FN5O8S2/c26-8-16(32)12-39-17-3-1-14(2-4-17)10-37-13-20-23(33)22(24(34)28-20)31-9-15(30-31)11-38-18-5-6-19-21(7-18)40-25(29-19)41(27,35)36/h1-7,9,16,20,22,30,32H,8,10-13H2,(H,28,34)(H2,27,35,36)/t16?,20-,22?/m0/s1. The monoisotopic (exact) mass is 607 g/mol. The normalized spacial score (nSPS) is 18.1. The SMILES string of the molecule is NS(=O)(=O)c1nc2ccc(OCc3cn(C4C(=O)N[C@@H](COCc5ccc(OCC(O)CF)cc5)C4=O)[nH]3)cc2s1. The summed E-state index contributed by atoms with van der Waals surface area (Å²) in [5.41, 5.74) is 1.91. The minimum Gasteiger partial charge on any atom is -0.491 e. The number of nitrogens with one attached hydrogen (secondary N) is 2. The van der Waals surface area contributed by atoms with Crippen LogP contribution in [-0.2, 0) is 37.6 Å². The summed E-state index contributed by atoms with van der Waals surface area (Å²) >= 11 is 0.940. The summed E-state index contributed by atoms with van der Waals surface area (Å²) in [5.74, 6) is 0.163. The summed E-state index contributed by atoms with van der Waals surface area (Å²) in [6.45, 7) is -0.731. The zero-order valence-electron chi connectivity index (χ0n) is 21.4. The summed E-state index contributed by atoms with van der Waals surface area (Å²) in [7, 11) is -3.90. The Hall–Kier alpha value is -3.83. The van der Waals surface area contributed by atoms with Crippen LogP contribution in [0.1, 0.15) is 17.3 Å². The second-order valence-corrected chi connectivity index (χ2v) is 12.0. The number of H-pyrrole nitrogens is 1. The number of hydrogen-bond acceptors (Lipinski definition) is 10. The van der Waals surface area contributed by atoms with E-state index in [1.165, 1.54) is 4.68 Å². The van der Waals surface area contributed by atoms with Crippen molar-refractivity contribution in [2.24, 2.45) is 5.14 Å². The molecule has 5 rings (SSSR count). The molecule has 4 aromatic rings. The molecule has 3 heterocycles. The number of Topliss-reactive ketones (excluding diaryl/α,β-unsaturated/α-hetero) is 1. The van der Waals surface area contributed by atoms with E-state index >= 15 is 0 Å². The van der Waals surface area contributed by atoms with Crippen molar-refractivity contribution in [1.82, 2.24) is 20.1 Å². The Balaban J connectivity index is 1.09. The molecule has 218 valence electrons. The van der Waals surface area contributed by atoms with E-state index in [2.05, 4.69) is 15.4 Å². The highest BCUT2D eigenvalue weighted by molar-refractivity contribution is 7.91. The first-order valence-corrected chi connectivity index (χ1v) is 14.7. The van der Waals surface area contributed by atoms with Gasteiger partial charge in [0.05, 0.1) is 29.1 Å². The molecule has 0 saturated carbocycles. The topological polar surface area (TPSA) is 188 Å². The fourth-order valence-electron chi connectivity index (χ4n) is 4.04. The summed E-state index contributed by atoms with van der Waals surface area (Å²) in [6.07, 6.45) is 0.427. The van der Waals surface area contributed by atoms with Crippen LogP contribution in [0, 0.1) is 0 Å². The van der Waals surface area contributed by atoms with E-state index in [9.17, 15) is 27.5 Å². The highest BCUT2D eigenvalue weighted by Gasteiger charge is 2.43. The Bertz CT molecular complexity index is 1640. The number of nitrogens with zero attached hydrogens (tertiary/aromatic N) is 2. The average molecular weight is 608 g/mol. The maximum atomic E-state index is 12.8. The number of carbonyl (C=O) groups excluding carboxylic acids is 2. The number of carbonyl (C=O) groups is 2. The number of halogens is 1. The van der Waals surface area contributed by atoms with Crippen molar-refractivity contribution in [3.63, 3.8) is 0 Å². The number of nitrogens with two attached hydrogens (primary N) is 1. The third-order valence-corrected chi connectivity index (χ3v) is 8.44. The third-order valence-electron chi connectivity index (χ3n) is 6.10. The van der Waals surface area contributed by atoms with Crippen LogP contribution in [0.4, 0.5) is 4.39 Å². The molecule has 0 bridgehead atoms. The Morgan fingerprint density at radius 1 is 1.12 bits per heavy atom. The number of hydrogen-bond donors (Lipinski definition) is 4. The molecule has 0 spiro atoms. The predicted octanol–water partition coefficient (Wildman–Crippen LogP) is 1.19. The molecule has 41 heavy (non-hydrogen) atoms. The second kappa shape index (κ2) is 12.0. The smallest absolute Gasteiger partial charge is 0.265 e. The molecule has 1 saturated heterocycles. The maximum Gasteiger partial charge on any atom is 0.265 e. The first-order chi connectivity index (χ1) is 19.6. The number of benzene rings is 2. The van der Waals surface area contributed by atoms with Crippen LogP contribution in [0.15, 0.2) is 53.0 Å². The van der Waals surface area contributed by atoms with Gasteiger partial charge in [-0.05, 0) is 35.9 Å². The molecule has 5 N–H and O–H groups in total. The van der Waals surface area contributed by atoms with E-state index in [1.807, 2.05) is 0 Å². The Morgan fingerprint density at radius 3 is 2.56 bits per heavy atom. The number of primary sulfonamides is 1. The Labute approximate surface area is 237 Å². The molecule has 1 amide bonds. The third kappa shape index (κ3) is 6.74. The second-order valence-electron chi connectivity index (χ2n) is 9.26. The van der Waals surface area contributed by atoms with Crippen LogP contribution in [-0.4, -0.2) is 72.0 Å². The van der Waals surface area contributed by atoms with Crippen LogP contribution < -0.4 is 19.9 Å². The molecule has 1 fully saturated rings. The number of fused-ring (bicyclic) bond motifs is 1. The largest absolute Gasteiger partial charge is 0.491 e. The summed E-state index contributed by atoms with van der Waals surface area (Å²) in [4.78, 5) is 29.3. The van der Waals surface area contributed by atoms with Crippen LogP contribution >= 0.6 is 11.3 Å². The quantitative estimate of drug-likeness (QED) is 0.162. The van der Waals surface area contributed by atoms with Crippen molar-refractivity contribution in [3.05, 3.63) is 59.9 Å². The highest BCUT2D eigenvalue weighted by Crippen LogP contribution is 2.29. The van der Waals surface area contributed by atoms with E-state index in [-0.39, 0.29) is 36.6 Å². The van der Waals surface area contributed by atoms with Gasteiger partial charge in [0.1, 0.15) is 43.5 Å². The van der Waals surface area contributed by atoms with Crippen molar-refractivity contribution >= 4 is 43.3 Å². The van der Waals surface area contributed by atoms with Crippen molar-refractivity contribution < 1.29 is 41.7 Å². The number of sulfonamides is 1. The highest BCUT2D eigenvalue weighted by atomic mass is 32.2. The van der Waals surface area contributed by atoms with Gasteiger partial charge < -0.3 is 24.6 Å². The van der Waals surface area contributed by atoms with E-state index in [4.69, 9.17) is 19.3 Å². The minimum atomic E-state index is -3.90. The number of amides is 1. The van der Waals surface area contributed by atoms with Gasteiger partial charge in [0, 0.05) is 6.20 Å². The first kappa shape index (κ1) is 28.7. The molecule has 13 nitrogen and oxygen atoms in total. The van der Waals surface area contributed by atoms with Gasteiger partial charge in [-0.15, -0.1) is 11.3 Å². The zero-order valence-corrected chi connectivity index (χ0v) is 23.0. The lowest BCUT2D eigenvalue weighted by atomic mass is 10.1. The van der Waals surface area contributed by atoms with Crippen LogP contribution in [0.2, 0.25) is 0 Å². The Kier molecular flexibility index (Phi) is 8.37. The molecule has 3 atom stereocenters. The maximum absolute atomic E-state index is 12.8. The molecule has 16 heteroatoms. The van der Waals surface area contributed by atoms with Crippen molar-refractivity contribution in [2.75, 3.05) is 19.9 Å². The number of aliphatic hydroxyl groups excluding tert-OH is 1. The molecule has 2 unspecified atom stereocenters. The first-order valence-electron chi connectivity index (χ1n) is 12.3. The number of rotatable bonds is 13. The number of alkyl halides is 1. The van der Waals surface area contributed by atoms with Gasteiger partial charge in [0.15, 0.2) is 11.8 Å². The van der Waals surface area contributed by atoms with E-state index in [1.54, 1.807) is 48.7 Å². The molecule has 0 radical (unpaired) electrons. The lowest BCUT2D eigenvalue weighted by Crippen LogP contribution is -2.33. The summed E-state index contributed by atoms with van der Waals surface area (Å²) in [5, 5.41) is 19.9. The Morgan fingerprint density at radius 2 is 1.85 bits per heavy atom. The zero-order chi connectivity index (χ0) is 29.1. The molecule has 1 aliphatic heterocycles. The fraction of sp³-hybridized carbons (Fsp3) is 0.320. The van der Waals surface area contributed by atoms with E-state index in [0.717, 1.165) is 16.9 Å². The average Bonchev–Trinajstić information content (AvgIpc) is 3.48. The van der Waals surface area contributed by atoms with Gasteiger partial charge in [-0.25, -0.2) is 22.9 Å². The predicted molar refractivity (Wildman–Crippen MR) is 144 cm³/mol. The lowest BCUT2D eigenvalue weighted by molar-refractivity contribution is -0.127. The number of thiazole rings is 1. The molecular weight excluding hydrogens is 581 g/mol. The van der Waals surface area contributed by atoms with Crippen molar-refractivity contribution in [3.8, 4) is 11.5 Å². The fourth-order valence-corrected chi connectivity index (χ4v) is 5.72. The van der Waals surface area contributed by atoms with Crippen LogP contribution in [0.3, 0.4) is 0 Å². The van der Waals surface area contributed by atoms with Crippen molar-refractivity contribution in [2.45, 2.75) is 35.7 Å². The van der Waals surface area contributed by atoms with Gasteiger partial charge in [-0.2, -0.15) is 0 Å². The summed E-state index contributed by atoms with van der Waals surface area (Å²) < 4.78 is 53.8. The molecule has 2 aromatic carbocycles. The number of ketones is 1. The number of aromatic nitrogens is 3.